The van der Waals surface area contributed by atoms with Gasteiger partial charge < -0.3 is 5.11 Å². The van der Waals surface area contributed by atoms with E-state index in [1.165, 1.54) is 29.5 Å². The fourth-order valence-corrected chi connectivity index (χ4v) is 3.01. The molecule has 122 valence electrons. The Morgan fingerprint density at radius 2 is 1.75 bits per heavy atom. The number of benzene rings is 2. The van der Waals surface area contributed by atoms with Crippen LogP contribution in [0.5, 0.6) is 0 Å². The Kier molecular flexibility index (Phi) is 4.11. The summed E-state index contributed by atoms with van der Waals surface area (Å²) in [7, 11) is 0. The first kappa shape index (κ1) is 16.2. The number of halogens is 3. The molecule has 0 unspecified atom stereocenters. The van der Waals surface area contributed by atoms with Crippen molar-refractivity contribution in [3.05, 3.63) is 65.0 Å². The van der Waals surface area contributed by atoms with Gasteiger partial charge in [-0.2, -0.15) is 13.2 Å². The molecule has 7 heteroatoms. The SMILES string of the molecule is O=C(O)c1cccc(-c2nc(-c3cccc(C(F)(F)F)c3)cs2)c1. The first-order valence-corrected chi connectivity index (χ1v) is 7.69. The van der Waals surface area contributed by atoms with Gasteiger partial charge in [0.05, 0.1) is 16.8 Å². The van der Waals surface area contributed by atoms with Gasteiger partial charge in [-0.3, -0.25) is 0 Å². The van der Waals surface area contributed by atoms with E-state index in [0.29, 0.717) is 21.8 Å². The normalized spacial score (nSPS) is 11.5. The third-order valence-corrected chi connectivity index (χ3v) is 4.24. The standard InChI is InChI=1S/C17H10F3NO2S/c18-17(19,20)13-6-2-3-10(8-13)14-9-24-15(21-14)11-4-1-5-12(7-11)16(22)23/h1-9H,(H,22,23). The molecule has 3 rings (SSSR count). The fraction of sp³-hybridized carbons (Fsp3) is 0.0588. The number of hydrogen-bond acceptors (Lipinski definition) is 3. The highest BCUT2D eigenvalue weighted by Gasteiger charge is 2.30. The van der Waals surface area contributed by atoms with Gasteiger partial charge >= 0.3 is 12.1 Å². The summed E-state index contributed by atoms with van der Waals surface area (Å²) >= 11 is 1.25. The number of alkyl halides is 3. The summed E-state index contributed by atoms with van der Waals surface area (Å²) in [4.78, 5) is 15.4. The highest BCUT2D eigenvalue weighted by atomic mass is 32.1. The van der Waals surface area contributed by atoms with E-state index in [-0.39, 0.29) is 5.56 Å². The minimum absolute atomic E-state index is 0.128. The van der Waals surface area contributed by atoms with Crippen LogP contribution in [0.3, 0.4) is 0 Å². The van der Waals surface area contributed by atoms with Gasteiger partial charge in [0.2, 0.25) is 0 Å². The molecule has 3 nitrogen and oxygen atoms in total. The number of aromatic carboxylic acids is 1. The van der Waals surface area contributed by atoms with Crippen molar-refractivity contribution in [2.75, 3.05) is 0 Å². The van der Waals surface area contributed by atoms with Crippen LogP contribution >= 0.6 is 11.3 Å². The topological polar surface area (TPSA) is 50.2 Å². The van der Waals surface area contributed by atoms with E-state index in [4.69, 9.17) is 5.11 Å². The monoisotopic (exact) mass is 349 g/mol. The van der Waals surface area contributed by atoms with E-state index in [9.17, 15) is 18.0 Å². The lowest BCUT2D eigenvalue weighted by Crippen LogP contribution is -2.04. The molecule has 0 aliphatic rings. The molecule has 1 N–H and O–H groups in total. The Balaban J connectivity index is 1.97. The number of aromatic nitrogens is 1. The Morgan fingerprint density at radius 3 is 2.46 bits per heavy atom. The zero-order chi connectivity index (χ0) is 17.3. The van der Waals surface area contributed by atoms with Gasteiger partial charge in [-0.1, -0.05) is 24.3 Å². The maximum absolute atomic E-state index is 12.8. The van der Waals surface area contributed by atoms with E-state index in [0.717, 1.165) is 12.1 Å². The van der Waals surface area contributed by atoms with Gasteiger partial charge in [-0.05, 0) is 24.3 Å². The van der Waals surface area contributed by atoms with E-state index in [1.54, 1.807) is 23.6 Å². The zero-order valence-electron chi connectivity index (χ0n) is 12.0. The Labute approximate surface area is 139 Å². The molecule has 0 amide bonds. The summed E-state index contributed by atoms with van der Waals surface area (Å²) in [5.74, 6) is -1.05. The fourth-order valence-electron chi connectivity index (χ4n) is 2.18. The summed E-state index contributed by atoms with van der Waals surface area (Å²) in [6, 6.07) is 11.2. The second kappa shape index (κ2) is 6.09. The predicted molar refractivity (Wildman–Crippen MR) is 84.9 cm³/mol. The second-order valence-corrected chi connectivity index (χ2v) is 5.86. The molecule has 3 aromatic rings. The third-order valence-electron chi connectivity index (χ3n) is 3.35. The largest absolute Gasteiger partial charge is 0.478 e. The van der Waals surface area contributed by atoms with Crippen molar-refractivity contribution in [3.8, 4) is 21.8 Å². The molecule has 0 fully saturated rings. The van der Waals surface area contributed by atoms with Crippen LogP contribution in [-0.4, -0.2) is 16.1 Å². The van der Waals surface area contributed by atoms with Crippen molar-refractivity contribution in [2.45, 2.75) is 6.18 Å². The van der Waals surface area contributed by atoms with Crippen molar-refractivity contribution in [2.24, 2.45) is 0 Å². The van der Waals surface area contributed by atoms with Gasteiger partial charge in [0.25, 0.3) is 0 Å². The molecule has 1 heterocycles. The van der Waals surface area contributed by atoms with Crippen molar-refractivity contribution in [1.29, 1.82) is 0 Å². The average molecular weight is 349 g/mol. The smallest absolute Gasteiger partial charge is 0.416 e. The number of rotatable bonds is 3. The highest BCUT2D eigenvalue weighted by molar-refractivity contribution is 7.13. The van der Waals surface area contributed by atoms with Crippen LogP contribution < -0.4 is 0 Å². The van der Waals surface area contributed by atoms with Crippen LogP contribution in [0.4, 0.5) is 13.2 Å². The number of carbonyl (C=O) groups is 1. The first-order valence-electron chi connectivity index (χ1n) is 6.81. The lowest BCUT2D eigenvalue weighted by atomic mass is 10.1. The van der Waals surface area contributed by atoms with Gasteiger partial charge in [0.15, 0.2) is 0 Å². The van der Waals surface area contributed by atoms with E-state index < -0.39 is 17.7 Å². The summed E-state index contributed by atoms with van der Waals surface area (Å²) in [5, 5.41) is 11.2. The molecule has 0 aliphatic heterocycles. The summed E-state index contributed by atoms with van der Waals surface area (Å²) in [6.45, 7) is 0. The Hall–Kier alpha value is -2.67. The molecule has 0 spiro atoms. The van der Waals surface area contributed by atoms with Crippen LogP contribution in [0.2, 0.25) is 0 Å². The molecule has 2 aromatic carbocycles. The summed E-state index contributed by atoms with van der Waals surface area (Å²) < 4.78 is 38.4. The number of carboxylic acids is 1. The minimum atomic E-state index is -4.41. The van der Waals surface area contributed by atoms with Crippen LogP contribution in [0.15, 0.2) is 53.9 Å². The average Bonchev–Trinajstić information content (AvgIpc) is 3.04. The van der Waals surface area contributed by atoms with Crippen molar-refractivity contribution >= 4 is 17.3 Å². The molecule has 0 saturated heterocycles. The van der Waals surface area contributed by atoms with Crippen LogP contribution in [0.25, 0.3) is 21.8 Å². The Morgan fingerprint density at radius 1 is 1.04 bits per heavy atom. The number of thiazole rings is 1. The van der Waals surface area contributed by atoms with Gasteiger partial charge in [-0.25, -0.2) is 9.78 Å². The van der Waals surface area contributed by atoms with Crippen LogP contribution in [-0.2, 0) is 6.18 Å². The Bertz CT molecular complexity index is 903. The zero-order valence-corrected chi connectivity index (χ0v) is 12.9. The number of nitrogens with zero attached hydrogens (tertiary/aromatic N) is 1. The molecule has 0 radical (unpaired) electrons. The molecule has 1 aromatic heterocycles. The van der Waals surface area contributed by atoms with Crippen LogP contribution in [0, 0.1) is 0 Å². The molecule has 0 bridgehead atoms. The molecule has 0 saturated carbocycles. The number of carboxylic acid groups (broad SMARTS) is 1. The van der Waals surface area contributed by atoms with Crippen LogP contribution in [0.1, 0.15) is 15.9 Å². The number of hydrogen-bond donors (Lipinski definition) is 1. The van der Waals surface area contributed by atoms with Gasteiger partial charge in [0, 0.05) is 16.5 Å². The molecular formula is C17H10F3NO2S. The highest BCUT2D eigenvalue weighted by Crippen LogP contribution is 2.34. The van der Waals surface area contributed by atoms with Gasteiger partial charge in [-0.15, -0.1) is 11.3 Å². The summed E-state index contributed by atoms with van der Waals surface area (Å²) in [6.07, 6.45) is -4.41. The maximum atomic E-state index is 12.8. The second-order valence-electron chi connectivity index (χ2n) is 5.00. The summed E-state index contributed by atoms with van der Waals surface area (Å²) in [5.41, 5.74) is 0.785. The lowest BCUT2D eigenvalue weighted by Gasteiger charge is -2.07. The van der Waals surface area contributed by atoms with E-state index in [2.05, 4.69) is 4.98 Å². The third kappa shape index (κ3) is 3.30. The van der Waals surface area contributed by atoms with Gasteiger partial charge in [0.1, 0.15) is 5.01 Å². The first-order chi connectivity index (χ1) is 11.3. The predicted octanol–water partition coefficient (Wildman–Crippen LogP) is 5.19. The maximum Gasteiger partial charge on any atom is 0.416 e. The molecule has 0 atom stereocenters. The van der Waals surface area contributed by atoms with Crippen molar-refractivity contribution in [3.63, 3.8) is 0 Å². The molecule has 0 aliphatic carbocycles. The van der Waals surface area contributed by atoms with E-state index >= 15 is 0 Å². The molecular weight excluding hydrogens is 339 g/mol. The lowest BCUT2D eigenvalue weighted by molar-refractivity contribution is -0.137. The van der Waals surface area contributed by atoms with Crippen molar-refractivity contribution in [1.82, 2.24) is 4.98 Å². The quantitative estimate of drug-likeness (QED) is 0.707. The minimum Gasteiger partial charge on any atom is -0.478 e. The van der Waals surface area contributed by atoms with Crippen molar-refractivity contribution < 1.29 is 23.1 Å². The van der Waals surface area contributed by atoms with E-state index in [1.807, 2.05) is 0 Å². The molecule has 24 heavy (non-hydrogen) atoms.